The monoisotopic (exact) mass is 584 g/mol. The Morgan fingerprint density at radius 3 is 2.78 bits per heavy atom. The van der Waals surface area contributed by atoms with E-state index in [1.165, 1.54) is 11.8 Å². The summed E-state index contributed by atoms with van der Waals surface area (Å²) in [5.41, 5.74) is 3.59. The van der Waals surface area contributed by atoms with Gasteiger partial charge in [0.15, 0.2) is 12.3 Å². The number of hydrogen-bond acceptors (Lipinski definition) is 8. The fourth-order valence-corrected chi connectivity index (χ4v) is 5.04. The van der Waals surface area contributed by atoms with Crippen molar-refractivity contribution in [3.63, 3.8) is 0 Å². The normalized spacial score (nSPS) is 14.0. The Morgan fingerprint density at radius 2 is 1.94 bits per heavy atom. The molecule has 0 fully saturated rings. The minimum atomic E-state index is -1.08. The molecule has 1 aliphatic heterocycles. The van der Waals surface area contributed by atoms with Crippen LogP contribution in [0.15, 0.2) is 76.4 Å². The number of para-hydroxylation sites is 1. The number of nitrogens with zero attached hydrogens (tertiary/aromatic N) is 3. The fourth-order valence-electron chi connectivity index (χ4n) is 3.60. The maximum absolute atomic E-state index is 11.1. The SMILES string of the molecule is O=C(O)COc1ccc(Br)cc1C1Nc2ccccc2-c2nnc(SCc3ccccc3Cl)nc2O1. The average molecular weight is 586 g/mol. The zero-order chi connectivity index (χ0) is 25.1. The Hall–Kier alpha value is -3.34. The number of carboxylic acids is 1. The largest absolute Gasteiger partial charge is 0.481 e. The van der Waals surface area contributed by atoms with Crippen molar-refractivity contribution in [1.82, 2.24) is 15.2 Å². The van der Waals surface area contributed by atoms with E-state index in [4.69, 9.17) is 26.2 Å². The number of anilines is 1. The number of carboxylic acid groups (broad SMARTS) is 1. The molecule has 1 unspecified atom stereocenters. The van der Waals surface area contributed by atoms with Gasteiger partial charge in [0.25, 0.3) is 0 Å². The topological polar surface area (TPSA) is 106 Å². The molecule has 0 saturated carbocycles. The van der Waals surface area contributed by atoms with E-state index < -0.39 is 18.8 Å². The van der Waals surface area contributed by atoms with Gasteiger partial charge in [-0.25, -0.2) is 4.79 Å². The summed E-state index contributed by atoms with van der Waals surface area (Å²) in [5.74, 6) is 0.149. The zero-order valence-corrected chi connectivity index (χ0v) is 21.7. The standard InChI is InChI=1S/C25H18BrClN4O4S/c26-15-9-10-20(34-12-21(32)33)17(11-15)23-28-19-8-4-2-6-16(19)22-24(35-23)29-25(31-30-22)36-13-14-5-1-3-7-18(14)27/h1-11,23,28H,12-13H2,(H,32,33). The van der Waals surface area contributed by atoms with Crippen LogP contribution in [0.3, 0.4) is 0 Å². The molecule has 0 bridgehead atoms. The number of rotatable bonds is 7. The quantitative estimate of drug-likeness (QED) is 0.245. The summed E-state index contributed by atoms with van der Waals surface area (Å²) in [6.07, 6.45) is -0.744. The van der Waals surface area contributed by atoms with Crippen LogP contribution in [0.4, 0.5) is 5.69 Å². The molecular weight excluding hydrogens is 568 g/mol. The van der Waals surface area contributed by atoms with Crippen molar-refractivity contribution in [1.29, 1.82) is 0 Å². The highest BCUT2D eigenvalue weighted by Gasteiger charge is 2.28. The Balaban J connectivity index is 1.51. The van der Waals surface area contributed by atoms with Gasteiger partial charge in [0.05, 0.1) is 5.56 Å². The summed E-state index contributed by atoms with van der Waals surface area (Å²) in [6.45, 7) is -0.485. The molecular formula is C25H18BrClN4O4S. The second-order valence-corrected chi connectivity index (χ2v) is 9.95. The minimum absolute atomic E-state index is 0.290. The highest BCUT2D eigenvalue weighted by molar-refractivity contribution is 9.10. The van der Waals surface area contributed by atoms with Gasteiger partial charge < -0.3 is 19.9 Å². The number of ether oxygens (including phenoxy) is 2. The summed E-state index contributed by atoms with van der Waals surface area (Å²) < 4.78 is 12.7. The van der Waals surface area contributed by atoms with Crippen LogP contribution in [0.1, 0.15) is 17.4 Å². The van der Waals surface area contributed by atoms with Gasteiger partial charge in [-0.15, -0.1) is 10.2 Å². The second kappa shape index (κ2) is 10.7. The van der Waals surface area contributed by atoms with Gasteiger partial charge >= 0.3 is 5.97 Å². The van der Waals surface area contributed by atoms with Crippen molar-refractivity contribution in [2.24, 2.45) is 0 Å². The molecule has 3 aromatic carbocycles. The van der Waals surface area contributed by atoms with Crippen molar-refractivity contribution in [3.05, 3.63) is 87.4 Å². The van der Waals surface area contributed by atoms with Gasteiger partial charge in [0.2, 0.25) is 17.3 Å². The smallest absolute Gasteiger partial charge is 0.341 e. The first kappa shape index (κ1) is 24.4. The Morgan fingerprint density at radius 1 is 1.14 bits per heavy atom. The molecule has 5 rings (SSSR count). The summed E-state index contributed by atoms with van der Waals surface area (Å²) >= 11 is 11.2. The van der Waals surface area contributed by atoms with E-state index in [0.717, 1.165) is 21.3 Å². The number of aliphatic carboxylic acids is 1. The lowest BCUT2D eigenvalue weighted by Crippen LogP contribution is -2.19. The second-order valence-electron chi connectivity index (χ2n) is 7.68. The van der Waals surface area contributed by atoms with E-state index >= 15 is 0 Å². The van der Waals surface area contributed by atoms with Crippen LogP contribution in [0.5, 0.6) is 11.6 Å². The van der Waals surface area contributed by atoms with E-state index in [-0.39, 0.29) is 0 Å². The molecule has 0 amide bonds. The van der Waals surface area contributed by atoms with Gasteiger partial charge in [0, 0.05) is 26.5 Å². The van der Waals surface area contributed by atoms with Crippen LogP contribution in [-0.2, 0) is 10.5 Å². The zero-order valence-electron chi connectivity index (χ0n) is 18.5. The Labute approximate surface area is 224 Å². The molecule has 2 N–H and O–H groups in total. The summed E-state index contributed by atoms with van der Waals surface area (Å²) in [5, 5.41) is 22.3. The maximum Gasteiger partial charge on any atom is 0.341 e. The minimum Gasteiger partial charge on any atom is -0.481 e. The lowest BCUT2D eigenvalue weighted by atomic mass is 10.1. The fraction of sp³-hybridized carbons (Fsp3) is 0.120. The van der Waals surface area contributed by atoms with E-state index in [1.807, 2.05) is 54.6 Å². The van der Waals surface area contributed by atoms with Crippen molar-refractivity contribution in [2.45, 2.75) is 17.1 Å². The van der Waals surface area contributed by atoms with Crippen LogP contribution >= 0.6 is 39.3 Å². The third-order valence-electron chi connectivity index (χ3n) is 5.25. The number of nitrogens with one attached hydrogen (secondary N) is 1. The van der Waals surface area contributed by atoms with Crippen LogP contribution in [0.25, 0.3) is 11.3 Å². The first-order valence-corrected chi connectivity index (χ1v) is 12.9. The highest BCUT2D eigenvalue weighted by atomic mass is 79.9. The highest BCUT2D eigenvalue weighted by Crippen LogP contribution is 2.41. The van der Waals surface area contributed by atoms with Crippen molar-refractivity contribution in [3.8, 4) is 22.9 Å². The lowest BCUT2D eigenvalue weighted by Gasteiger charge is -2.22. The van der Waals surface area contributed by atoms with E-state index in [0.29, 0.717) is 38.8 Å². The third kappa shape index (κ3) is 5.40. The summed E-state index contributed by atoms with van der Waals surface area (Å²) in [7, 11) is 0. The first-order valence-electron chi connectivity index (χ1n) is 10.8. The van der Waals surface area contributed by atoms with Crippen LogP contribution in [0.2, 0.25) is 5.02 Å². The number of carbonyl (C=O) groups is 1. The Bertz CT molecular complexity index is 1440. The van der Waals surface area contributed by atoms with Crippen molar-refractivity contribution < 1.29 is 19.4 Å². The number of aromatic nitrogens is 3. The molecule has 2 heterocycles. The third-order valence-corrected chi connectivity index (χ3v) is 7.00. The van der Waals surface area contributed by atoms with Crippen LogP contribution in [-0.4, -0.2) is 32.9 Å². The number of halogens is 2. The predicted octanol–water partition coefficient (Wildman–Crippen LogP) is 6.21. The first-order chi connectivity index (χ1) is 17.5. The predicted molar refractivity (Wildman–Crippen MR) is 141 cm³/mol. The molecule has 36 heavy (non-hydrogen) atoms. The van der Waals surface area contributed by atoms with Gasteiger partial charge in [-0.2, -0.15) is 4.98 Å². The molecule has 0 saturated heterocycles. The van der Waals surface area contributed by atoms with Crippen molar-refractivity contribution >= 4 is 50.9 Å². The average Bonchev–Trinajstić information content (AvgIpc) is 3.04. The summed E-state index contributed by atoms with van der Waals surface area (Å²) in [4.78, 5) is 15.8. The van der Waals surface area contributed by atoms with Crippen LogP contribution in [0, 0.1) is 0 Å². The summed E-state index contributed by atoms with van der Waals surface area (Å²) in [6, 6.07) is 20.5. The molecule has 8 nitrogen and oxygen atoms in total. The molecule has 0 radical (unpaired) electrons. The number of fused-ring (bicyclic) bond motifs is 3. The molecule has 1 aromatic heterocycles. The molecule has 0 aliphatic carbocycles. The maximum atomic E-state index is 11.1. The van der Waals surface area contributed by atoms with E-state index in [2.05, 4.69) is 36.4 Å². The molecule has 0 spiro atoms. The molecule has 1 atom stereocenters. The Kier molecular flexibility index (Phi) is 7.26. The van der Waals surface area contributed by atoms with Gasteiger partial charge in [0.1, 0.15) is 5.75 Å². The van der Waals surface area contributed by atoms with Gasteiger partial charge in [-0.05, 0) is 35.9 Å². The van der Waals surface area contributed by atoms with Crippen LogP contribution < -0.4 is 14.8 Å². The molecule has 11 heteroatoms. The number of hydrogen-bond donors (Lipinski definition) is 2. The molecule has 1 aliphatic rings. The number of benzene rings is 3. The number of thioether (sulfide) groups is 1. The van der Waals surface area contributed by atoms with Crippen molar-refractivity contribution in [2.75, 3.05) is 11.9 Å². The molecule has 182 valence electrons. The lowest BCUT2D eigenvalue weighted by molar-refractivity contribution is -0.139. The van der Waals surface area contributed by atoms with Gasteiger partial charge in [-0.3, -0.25) is 0 Å². The van der Waals surface area contributed by atoms with E-state index in [9.17, 15) is 4.79 Å². The molecule has 4 aromatic rings. The van der Waals surface area contributed by atoms with E-state index in [1.54, 1.807) is 12.1 Å². The van der Waals surface area contributed by atoms with Gasteiger partial charge in [-0.1, -0.05) is 75.7 Å².